The Morgan fingerprint density at radius 1 is 1.25 bits per heavy atom. The molecule has 0 radical (unpaired) electrons. The monoisotopic (exact) mass is 188 g/mol. The Kier molecular flexibility index (Phi) is 2.43. The van der Waals surface area contributed by atoms with Gasteiger partial charge in [0.1, 0.15) is 0 Å². The molecule has 0 fully saturated rings. The summed E-state index contributed by atoms with van der Waals surface area (Å²) < 4.78 is 21.9. The van der Waals surface area contributed by atoms with Gasteiger partial charge in [-0.2, -0.15) is 0 Å². The zero-order chi connectivity index (χ0) is 9.19. The Morgan fingerprint density at radius 3 is 2.17 bits per heavy atom. The molecule has 0 saturated heterocycles. The number of rotatable bonds is 2. The van der Waals surface area contributed by atoms with E-state index < -0.39 is 10.0 Å². The zero-order valence-electron chi connectivity index (χ0n) is 6.08. The van der Waals surface area contributed by atoms with Crippen LogP contribution in [-0.4, -0.2) is 18.2 Å². The summed E-state index contributed by atoms with van der Waals surface area (Å²) in [6.45, 7) is 0. The summed E-state index contributed by atoms with van der Waals surface area (Å²) in [6, 6.07) is 7.42. The Bertz CT molecular complexity index is 346. The van der Waals surface area contributed by atoms with Crippen LogP contribution in [0.3, 0.4) is 0 Å². The number of hydrogen-bond donors (Lipinski definition) is 2. The van der Waals surface area contributed by atoms with Gasteiger partial charge in [0.2, 0.25) is 0 Å². The third-order valence-corrected chi connectivity index (χ3v) is 2.65. The van der Waals surface area contributed by atoms with E-state index in [2.05, 4.69) is 0 Å². The maximum Gasteiger partial charge on any atom is 0.278 e. The third-order valence-electron chi connectivity index (χ3n) is 1.29. The molecule has 0 aliphatic carbocycles. The topological polar surface area (TPSA) is 83.6 Å². The van der Waals surface area contributed by atoms with Crippen LogP contribution in [0.25, 0.3) is 0 Å². The lowest BCUT2D eigenvalue weighted by atomic mass is 10.4. The maximum atomic E-state index is 11.1. The first-order chi connectivity index (χ1) is 5.55. The van der Waals surface area contributed by atoms with E-state index >= 15 is 0 Å². The van der Waals surface area contributed by atoms with Crippen molar-refractivity contribution in [2.75, 3.05) is 0 Å². The van der Waals surface area contributed by atoms with Crippen molar-refractivity contribution in [2.45, 2.75) is 4.90 Å². The number of nitrogens with zero attached hydrogens (tertiary/aromatic N) is 1. The first kappa shape index (κ1) is 9.14. The van der Waals surface area contributed by atoms with E-state index in [1.807, 2.05) is 0 Å². The minimum Gasteiger partial charge on any atom is -0.285 e. The van der Waals surface area contributed by atoms with Crippen LogP contribution in [0.4, 0.5) is 0 Å². The van der Waals surface area contributed by atoms with Crippen LogP contribution in [-0.2, 0) is 10.0 Å². The Morgan fingerprint density at radius 2 is 1.75 bits per heavy atom. The fraction of sp³-hybridized carbons (Fsp3) is 0. The van der Waals surface area contributed by atoms with Crippen LogP contribution in [0.1, 0.15) is 0 Å². The molecule has 12 heavy (non-hydrogen) atoms. The van der Waals surface area contributed by atoms with Crippen LogP contribution in [0.2, 0.25) is 0 Å². The summed E-state index contributed by atoms with van der Waals surface area (Å²) in [6.07, 6.45) is 0. The molecule has 0 aliphatic rings. The molecular weight excluding hydrogens is 180 g/mol. The Balaban J connectivity index is 3.17. The van der Waals surface area contributed by atoms with Gasteiger partial charge in [-0.3, -0.25) is 5.21 Å². The molecule has 0 unspecified atom stereocenters. The third kappa shape index (κ3) is 1.62. The largest absolute Gasteiger partial charge is 0.285 e. The number of benzene rings is 1. The summed E-state index contributed by atoms with van der Waals surface area (Å²) in [5.41, 5.74) is 0. The predicted octanol–water partition coefficient (Wildman–Crippen LogP) is -0.0598. The second-order valence-corrected chi connectivity index (χ2v) is 3.89. The fourth-order valence-corrected chi connectivity index (χ4v) is 1.42. The molecule has 6 heteroatoms. The zero-order valence-corrected chi connectivity index (χ0v) is 6.90. The van der Waals surface area contributed by atoms with Crippen molar-refractivity contribution in [1.29, 1.82) is 0 Å². The highest BCUT2D eigenvalue weighted by Gasteiger charge is 2.18. The van der Waals surface area contributed by atoms with Gasteiger partial charge in [-0.25, -0.2) is 14.3 Å². The molecule has 0 bridgehead atoms. The van der Waals surface area contributed by atoms with Gasteiger partial charge >= 0.3 is 0 Å². The first-order valence-corrected chi connectivity index (χ1v) is 4.53. The van der Waals surface area contributed by atoms with Gasteiger partial charge in [0.25, 0.3) is 10.0 Å². The van der Waals surface area contributed by atoms with Gasteiger partial charge in [0, 0.05) is 0 Å². The van der Waals surface area contributed by atoms with Crippen LogP contribution in [0, 0.1) is 0 Å². The van der Waals surface area contributed by atoms with Crippen LogP contribution < -0.4 is 5.84 Å². The highest BCUT2D eigenvalue weighted by molar-refractivity contribution is 7.88. The lowest BCUT2D eigenvalue weighted by molar-refractivity contribution is 0.00246. The van der Waals surface area contributed by atoms with E-state index in [0.29, 0.717) is 0 Å². The van der Waals surface area contributed by atoms with Gasteiger partial charge in [0.05, 0.1) is 4.90 Å². The molecule has 0 heterocycles. The van der Waals surface area contributed by atoms with E-state index in [9.17, 15) is 8.42 Å². The molecule has 5 nitrogen and oxygen atoms in total. The van der Waals surface area contributed by atoms with Crippen LogP contribution in [0.15, 0.2) is 35.2 Å². The normalized spacial score (nSPS) is 11.9. The van der Waals surface area contributed by atoms with Crippen molar-refractivity contribution in [1.82, 2.24) is 4.58 Å². The van der Waals surface area contributed by atoms with Gasteiger partial charge in [-0.05, 0) is 16.7 Å². The van der Waals surface area contributed by atoms with Crippen molar-refractivity contribution in [3.05, 3.63) is 30.3 Å². The van der Waals surface area contributed by atoms with Crippen molar-refractivity contribution in [3.8, 4) is 0 Å². The fourth-order valence-electron chi connectivity index (χ4n) is 0.700. The van der Waals surface area contributed by atoms with Crippen LogP contribution in [0.5, 0.6) is 0 Å². The molecule has 0 saturated carbocycles. The number of nitrogens with two attached hydrogens (primary N) is 1. The van der Waals surface area contributed by atoms with Crippen LogP contribution >= 0.6 is 0 Å². The summed E-state index contributed by atoms with van der Waals surface area (Å²) in [5, 5.41) is 8.56. The standard InChI is InChI=1S/C6H8N2O3S/c7-8(9)12(10,11)6-4-2-1-3-5-6/h1-5,9H,7H2. The van der Waals surface area contributed by atoms with E-state index in [1.54, 1.807) is 6.07 Å². The highest BCUT2D eigenvalue weighted by atomic mass is 32.2. The predicted molar refractivity (Wildman–Crippen MR) is 41.4 cm³/mol. The van der Waals surface area contributed by atoms with E-state index in [4.69, 9.17) is 11.0 Å². The van der Waals surface area contributed by atoms with E-state index in [0.717, 1.165) is 0 Å². The quantitative estimate of drug-likeness (QED) is 0.503. The smallest absolute Gasteiger partial charge is 0.278 e. The summed E-state index contributed by atoms with van der Waals surface area (Å²) >= 11 is 0. The van der Waals surface area contributed by atoms with E-state index in [-0.39, 0.29) is 9.47 Å². The number of hydrogen-bond acceptors (Lipinski definition) is 4. The number of sulfonamides is 1. The van der Waals surface area contributed by atoms with Crippen molar-refractivity contribution in [3.63, 3.8) is 0 Å². The second-order valence-electron chi connectivity index (χ2n) is 2.09. The first-order valence-electron chi connectivity index (χ1n) is 3.09. The summed E-state index contributed by atoms with van der Waals surface area (Å²) in [7, 11) is -3.91. The molecule has 0 aromatic heterocycles. The summed E-state index contributed by atoms with van der Waals surface area (Å²) in [5.74, 6) is 4.70. The average molecular weight is 188 g/mol. The molecule has 1 aromatic carbocycles. The lowest BCUT2D eigenvalue weighted by Crippen LogP contribution is -2.33. The van der Waals surface area contributed by atoms with Crippen molar-refractivity contribution >= 4 is 10.0 Å². The van der Waals surface area contributed by atoms with Gasteiger partial charge in [0.15, 0.2) is 0 Å². The van der Waals surface area contributed by atoms with E-state index in [1.165, 1.54) is 24.3 Å². The second kappa shape index (κ2) is 3.20. The van der Waals surface area contributed by atoms with Crippen molar-refractivity contribution < 1.29 is 13.6 Å². The molecular formula is C6H8N2O3S. The molecule has 0 spiro atoms. The summed E-state index contributed by atoms with van der Waals surface area (Å²) in [4.78, 5) is -0.0463. The molecule has 0 atom stereocenters. The van der Waals surface area contributed by atoms with Gasteiger partial charge in [-0.15, -0.1) is 0 Å². The molecule has 1 aromatic rings. The molecule has 3 N–H and O–H groups in total. The Hall–Kier alpha value is -0.950. The minimum atomic E-state index is -3.91. The highest BCUT2D eigenvalue weighted by Crippen LogP contribution is 2.09. The van der Waals surface area contributed by atoms with Crippen molar-refractivity contribution in [2.24, 2.45) is 5.84 Å². The van der Waals surface area contributed by atoms with Gasteiger partial charge < -0.3 is 0 Å². The molecule has 0 amide bonds. The minimum absolute atomic E-state index is 0.0463. The molecule has 1 rings (SSSR count). The Labute approximate surface area is 70.0 Å². The molecule has 0 aliphatic heterocycles. The average Bonchev–Trinajstić information content (AvgIpc) is 2.06. The van der Waals surface area contributed by atoms with Gasteiger partial charge in [-0.1, -0.05) is 18.2 Å². The molecule has 66 valence electrons. The maximum absolute atomic E-state index is 11.1. The number of hydrazine groups is 1. The lowest BCUT2D eigenvalue weighted by Gasteiger charge is -2.07. The SMILES string of the molecule is NN(O)S(=O)(=O)c1ccccc1.